The minimum atomic E-state index is -1.08. The number of rotatable bonds is 5. The average Bonchev–Trinajstić information content (AvgIpc) is 2.84. The molecule has 0 aromatic carbocycles. The molecule has 2 rings (SSSR count). The number of hydrogen-bond donors (Lipinski definition) is 3. The molecule has 1 aliphatic carbocycles. The van der Waals surface area contributed by atoms with Crippen LogP contribution in [0.1, 0.15) is 29.8 Å². The van der Waals surface area contributed by atoms with E-state index >= 15 is 0 Å². The lowest BCUT2D eigenvalue weighted by molar-refractivity contribution is 0.0690. The largest absolute Gasteiger partial charge is 0.476 e. The number of carboxylic acid groups (broad SMARTS) is 1. The van der Waals surface area contributed by atoms with Crippen molar-refractivity contribution in [2.24, 2.45) is 11.8 Å². The van der Waals surface area contributed by atoms with Gasteiger partial charge in [-0.1, -0.05) is 6.42 Å². The zero-order valence-electron chi connectivity index (χ0n) is 10.0. The molecule has 0 saturated heterocycles. The molecule has 2 atom stereocenters. The fourth-order valence-electron chi connectivity index (χ4n) is 2.39. The Kier molecular flexibility index (Phi) is 4.09. The number of hydrogen-bond acceptors (Lipinski definition) is 5. The summed E-state index contributed by atoms with van der Waals surface area (Å²) in [7, 11) is 0. The standard InChI is InChI=1S/C12H17N3O3/c16-7-9-3-1-2-8(9)4-14-11-6-13-10(5-15-11)12(17)18/h5-6,8-9,16H,1-4,7H2,(H,14,15)(H,17,18). The van der Waals surface area contributed by atoms with Gasteiger partial charge in [-0.25, -0.2) is 14.8 Å². The van der Waals surface area contributed by atoms with E-state index in [1.54, 1.807) is 0 Å². The summed E-state index contributed by atoms with van der Waals surface area (Å²) in [4.78, 5) is 18.4. The van der Waals surface area contributed by atoms with E-state index in [9.17, 15) is 9.90 Å². The third kappa shape index (κ3) is 2.95. The van der Waals surface area contributed by atoms with E-state index < -0.39 is 5.97 Å². The summed E-state index contributed by atoms with van der Waals surface area (Å²) >= 11 is 0. The van der Waals surface area contributed by atoms with Crippen LogP contribution in [-0.4, -0.2) is 39.3 Å². The molecule has 0 radical (unpaired) electrons. The number of nitrogens with zero attached hydrogens (tertiary/aromatic N) is 2. The van der Waals surface area contributed by atoms with Crippen molar-refractivity contribution in [3.05, 3.63) is 18.1 Å². The van der Waals surface area contributed by atoms with E-state index in [0.29, 0.717) is 17.7 Å². The van der Waals surface area contributed by atoms with Crippen molar-refractivity contribution in [2.75, 3.05) is 18.5 Å². The Hall–Kier alpha value is -1.69. The molecular weight excluding hydrogens is 234 g/mol. The number of anilines is 1. The van der Waals surface area contributed by atoms with E-state index in [-0.39, 0.29) is 12.3 Å². The van der Waals surface area contributed by atoms with Crippen LogP contribution in [-0.2, 0) is 0 Å². The molecular formula is C12H17N3O3. The summed E-state index contributed by atoms with van der Waals surface area (Å²) in [5.74, 6) is 0.313. The summed E-state index contributed by atoms with van der Waals surface area (Å²) in [5, 5.41) is 21.0. The van der Waals surface area contributed by atoms with Gasteiger partial charge < -0.3 is 15.5 Å². The van der Waals surface area contributed by atoms with Gasteiger partial charge in [0.15, 0.2) is 5.69 Å². The first-order chi connectivity index (χ1) is 8.70. The first-order valence-corrected chi connectivity index (χ1v) is 6.10. The molecule has 0 spiro atoms. The molecule has 0 aliphatic heterocycles. The Morgan fingerprint density at radius 2 is 2.11 bits per heavy atom. The minimum absolute atomic E-state index is 0.0605. The highest BCUT2D eigenvalue weighted by Crippen LogP contribution is 2.31. The second-order valence-electron chi connectivity index (χ2n) is 4.61. The molecule has 1 aromatic rings. The summed E-state index contributed by atoms with van der Waals surface area (Å²) in [6.07, 6.45) is 6.00. The van der Waals surface area contributed by atoms with Gasteiger partial charge in [0.2, 0.25) is 0 Å². The first-order valence-electron chi connectivity index (χ1n) is 6.10. The van der Waals surface area contributed by atoms with Crippen LogP contribution in [0.15, 0.2) is 12.4 Å². The Morgan fingerprint density at radius 1 is 1.33 bits per heavy atom. The Balaban J connectivity index is 1.88. The molecule has 18 heavy (non-hydrogen) atoms. The minimum Gasteiger partial charge on any atom is -0.476 e. The van der Waals surface area contributed by atoms with Crippen molar-refractivity contribution in [1.82, 2.24) is 9.97 Å². The Bertz CT molecular complexity index is 408. The molecule has 1 saturated carbocycles. The zero-order valence-corrected chi connectivity index (χ0v) is 10.0. The van der Waals surface area contributed by atoms with Crippen LogP contribution >= 0.6 is 0 Å². The van der Waals surface area contributed by atoms with Crippen LogP contribution < -0.4 is 5.32 Å². The Labute approximate surface area is 105 Å². The maximum absolute atomic E-state index is 10.6. The summed E-state index contributed by atoms with van der Waals surface area (Å²) in [6.45, 7) is 0.975. The third-order valence-electron chi connectivity index (χ3n) is 3.47. The van der Waals surface area contributed by atoms with E-state index in [1.165, 1.54) is 12.4 Å². The molecule has 1 aliphatic rings. The second kappa shape index (κ2) is 5.77. The van der Waals surface area contributed by atoms with Crippen molar-refractivity contribution in [3.8, 4) is 0 Å². The highest BCUT2D eigenvalue weighted by Gasteiger charge is 2.26. The summed E-state index contributed by atoms with van der Waals surface area (Å²) < 4.78 is 0. The van der Waals surface area contributed by atoms with Crippen LogP contribution in [0.5, 0.6) is 0 Å². The van der Waals surface area contributed by atoms with Gasteiger partial charge in [-0.15, -0.1) is 0 Å². The van der Waals surface area contributed by atoms with Crippen LogP contribution in [0.3, 0.4) is 0 Å². The quantitative estimate of drug-likeness (QED) is 0.722. The monoisotopic (exact) mass is 251 g/mol. The summed E-state index contributed by atoms with van der Waals surface area (Å²) in [6, 6.07) is 0. The highest BCUT2D eigenvalue weighted by molar-refractivity contribution is 5.84. The fourth-order valence-corrected chi connectivity index (χ4v) is 2.39. The molecule has 1 heterocycles. The van der Waals surface area contributed by atoms with Gasteiger partial charge in [0.05, 0.1) is 12.4 Å². The number of aromatic carboxylic acids is 1. The van der Waals surface area contributed by atoms with E-state index in [0.717, 1.165) is 25.8 Å². The molecule has 0 bridgehead atoms. The van der Waals surface area contributed by atoms with Crippen LogP contribution in [0, 0.1) is 11.8 Å². The van der Waals surface area contributed by atoms with Crippen LogP contribution in [0.4, 0.5) is 5.82 Å². The molecule has 0 amide bonds. The van der Waals surface area contributed by atoms with Crippen molar-refractivity contribution < 1.29 is 15.0 Å². The molecule has 3 N–H and O–H groups in total. The van der Waals surface area contributed by atoms with Crippen molar-refractivity contribution in [2.45, 2.75) is 19.3 Å². The molecule has 2 unspecified atom stereocenters. The van der Waals surface area contributed by atoms with Crippen molar-refractivity contribution >= 4 is 11.8 Å². The molecule has 1 aromatic heterocycles. The first kappa shape index (κ1) is 12.8. The summed E-state index contributed by atoms with van der Waals surface area (Å²) in [5.41, 5.74) is -0.0605. The maximum atomic E-state index is 10.6. The van der Waals surface area contributed by atoms with Gasteiger partial charge in [0.25, 0.3) is 0 Å². The van der Waals surface area contributed by atoms with E-state index in [1.807, 2.05) is 0 Å². The highest BCUT2D eigenvalue weighted by atomic mass is 16.4. The normalized spacial score (nSPS) is 22.9. The number of nitrogens with one attached hydrogen (secondary N) is 1. The van der Waals surface area contributed by atoms with Gasteiger partial charge in [-0.3, -0.25) is 0 Å². The van der Waals surface area contributed by atoms with Gasteiger partial charge in [0, 0.05) is 13.2 Å². The number of carboxylic acids is 1. The van der Waals surface area contributed by atoms with Crippen molar-refractivity contribution in [3.63, 3.8) is 0 Å². The lowest BCUT2D eigenvalue weighted by atomic mass is 9.97. The van der Waals surface area contributed by atoms with Gasteiger partial charge >= 0.3 is 5.97 Å². The lowest BCUT2D eigenvalue weighted by Crippen LogP contribution is -2.21. The van der Waals surface area contributed by atoms with Crippen LogP contribution in [0.25, 0.3) is 0 Å². The van der Waals surface area contributed by atoms with Crippen LogP contribution in [0.2, 0.25) is 0 Å². The SMILES string of the molecule is O=C(O)c1cnc(NCC2CCCC2CO)cn1. The predicted octanol–water partition coefficient (Wildman–Crippen LogP) is 0.995. The Morgan fingerprint density at radius 3 is 2.72 bits per heavy atom. The number of aromatic nitrogens is 2. The average molecular weight is 251 g/mol. The lowest BCUT2D eigenvalue weighted by Gasteiger charge is -2.17. The third-order valence-corrected chi connectivity index (χ3v) is 3.47. The molecule has 1 fully saturated rings. The van der Waals surface area contributed by atoms with Gasteiger partial charge in [-0.2, -0.15) is 0 Å². The smallest absolute Gasteiger partial charge is 0.356 e. The predicted molar refractivity (Wildman–Crippen MR) is 65.4 cm³/mol. The molecule has 98 valence electrons. The van der Waals surface area contributed by atoms with E-state index in [2.05, 4.69) is 15.3 Å². The zero-order chi connectivity index (χ0) is 13.0. The molecule has 6 nitrogen and oxygen atoms in total. The molecule has 6 heteroatoms. The van der Waals surface area contributed by atoms with Gasteiger partial charge in [0.1, 0.15) is 5.82 Å². The maximum Gasteiger partial charge on any atom is 0.356 e. The van der Waals surface area contributed by atoms with E-state index in [4.69, 9.17) is 5.11 Å². The van der Waals surface area contributed by atoms with Gasteiger partial charge in [-0.05, 0) is 24.7 Å². The van der Waals surface area contributed by atoms with Crippen molar-refractivity contribution in [1.29, 1.82) is 0 Å². The number of carbonyl (C=O) groups is 1. The number of aliphatic hydroxyl groups excluding tert-OH is 1. The topological polar surface area (TPSA) is 95.3 Å². The second-order valence-corrected chi connectivity index (χ2v) is 4.61. The fraction of sp³-hybridized carbons (Fsp3) is 0.583. The number of aliphatic hydroxyl groups is 1.